The zero-order chi connectivity index (χ0) is 15.5. The average Bonchev–Trinajstić information content (AvgIpc) is 2.68. The molecule has 1 fully saturated rings. The molecule has 118 valence electrons. The number of hydrogen-bond donors (Lipinski definition) is 2. The number of hydrogen-bond acceptors (Lipinski definition) is 4. The molecular formula is C15H24N2O3S. The number of sulfonamides is 1. The smallest absolute Gasteiger partial charge is 0.216 e. The second-order valence-corrected chi connectivity index (χ2v) is 7.61. The van der Waals surface area contributed by atoms with Crippen LogP contribution in [0.4, 0.5) is 0 Å². The largest absolute Gasteiger partial charge is 0.376 e. The lowest BCUT2D eigenvalue weighted by Gasteiger charge is -2.28. The fourth-order valence-electron chi connectivity index (χ4n) is 2.61. The van der Waals surface area contributed by atoms with Gasteiger partial charge in [0.25, 0.3) is 0 Å². The predicted octanol–water partition coefficient (Wildman–Crippen LogP) is 1.39. The molecule has 2 unspecified atom stereocenters. The molecule has 2 rings (SSSR count). The van der Waals surface area contributed by atoms with Crippen LogP contribution in [0.1, 0.15) is 31.4 Å². The van der Waals surface area contributed by atoms with E-state index in [1.807, 2.05) is 45.2 Å². The van der Waals surface area contributed by atoms with Crippen LogP contribution < -0.4 is 10.0 Å². The van der Waals surface area contributed by atoms with E-state index in [0.717, 1.165) is 17.7 Å². The third-order valence-electron chi connectivity index (χ3n) is 4.00. The van der Waals surface area contributed by atoms with Gasteiger partial charge in [-0.05, 0) is 38.4 Å². The summed E-state index contributed by atoms with van der Waals surface area (Å²) in [5, 5.41) is 3.06. The molecule has 1 aliphatic heterocycles. The van der Waals surface area contributed by atoms with Crippen LogP contribution in [-0.4, -0.2) is 33.7 Å². The van der Waals surface area contributed by atoms with E-state index in [9.17, 15) is 8.42 Å². The van der Waals surface area contributed by atoms with Crippen molar-refractivity contribution in [1.82, 2.24) is 10.0 Å². The van der Waals surface area contributed by atoms with E-state index in [-0.39, 0.29) is 11.9 Å². The van der Waals surface area contributed by atoms with E-state index in [1.165, 1.54) is 0 Å². The van der Waals surface area contributed by atoms with Gasteiger partial charge in [-0.15, -0.1) is 0 Å². The molecule has 0 spiro atoms. The van der Waals surface area contributed by atoms with E-state index in [0.29, 0.717) is 13.0 Å². The van der Waals surface area contributed by atoms with Crippen molar-refractivity contribution < 1.29 is 13.2 Å². The summed E-state index contributed by atoms with van der Waals surface area (Å²) in [6, 6.07) is 7.64. The van der Waals surface area contributed by atoms with Gasteiger partial charge in [-0.1, -0.05) is 24.3 Å². The molecule has 0 aromatic heterocycles. The molecule has 2 N–H and O–H groups in total. The first-order valence-electron chi connectivity index (χ1n) is 7.20. The lowest BCUT2D eigenvalue weighted by Crippen LogP contribution is -2.50. The molecule has 0 bridgehead atoms. The molecule has 1 heterocycles. The molecule has 0 amide bonds. The van der Waals surface area contributed by atoms with Crippen LogP contribution in [-0.2, 0) is 27.1 Å². The lowest BCUT2D eigenvalue weighted by molar-refractivity contribution is 0.0957. The summed E-state index contributed by atoms with van der Waals surface area (Å²) < 4.78 is 33.1. The molecule has 6 heteroatoms. The van der Waals surface area contributed by atoms with Gasteiger partial charge in [0.05, 0.1) is 17.4 Å². The van der Waals surface area contributed by atoms with Gasteiger partial charge in [0.1, 0.15) is 0 Å². The number of benzene rings is 1. The van der Waals surface area contributed by atoms with Crippen LogP contribution in [0.25, 0.3) is 0 Å². The van der Waals surface area contributed by atoms with Crippen molar-refractivity contribution in [3.05, 3.63) is 35.4 Å². The molecule has 2 atom stereocenters. The van der Waals surface area contributed by atoms with Gasteiger partial charge in [0.15, 0.2) is 0 Å². The first kappa shape index (κ1) is 16.4. The minimum absolute atomic E-state index is 0.00708. The highest BCUT2D eigenvalue weighted by Gasteiger charge is 2.40. The van der Waals surface area contributed by atoms with Crippen LogP contribution in [0.3, 0.4) is 0 Å². The highest BCUT2D eigenvalue weighted by molar-refractivity contribution is 7.88. The van der Waals surface area contributed by atoms with Gasteiger partial charge in [0.2, 0.25) is 10.0 Å². The third kappa shape index (κ3) is 4.26. The molecule has 1 saturated heterocycles. The topological polar surface area (TPSA) is 67.4 Å². The Bertz CT molecular complexity index is 588. The number of rotatable bonds is 6. The summed E-state index contributed by atoms with van der Waals surface area (Å²) >= 11 is 0. The SMILES string of the molecule is CNCc1cccc(CS(=O)(=O)NC2(C)CCOC2C)c1. The fraction of sp³-hybridized carbons (Fsp3) is 0.600. The van der Waals surface area contributed by atoms with E-state index in [4.69, 9.17) is 4.74 Å². The summed E-state index contributed by atoms with van der Waals surface area (Å²) in [7, 11) is -1.52. The summed E-state index contributed by atoms with van der Waals surface area (Å²) in [5.41, 5.74) is 1.36. The number of nitrogens with one attached hydrogen (secondary N) is 2. The summed E-state index contributed by atoms with van der Waals surface area (Å²) in [4.78, 5) is 0. The average molecular weight is 312 g/mol. The fourth-order valence-corrected chi connectivity index (χ4v) is 4.28. The minimum Gasteiger partial charge on any atom is -0.376 e. The molecule has 0 saturated carbocycles. The minimum atomic E-state index is -3.39. The second kappa shape index (κ2) is 6.44. The Morgan fingerprint density at radius 2 is 2.10 bits per heavy atom. The van der Waals surface area contributed by atoms with Crippen LogP contribution in [0.5, 0.6) is 0 Å². The van der Waals surface area contributed by atoms with Crippen LogP contribution in [0.2, 0.25) is 0 Å². The first-order chi connectivity index (χ1) is 9.85. The zero-order valence-electron chi connectivity index (χ0n) is 12.8. The quantitative estimate of drug-likeness (QED) is 0.833. The molecule has 1 aromatic rings. The molecule has 0 radical (unpaired) electrons. The Labute approximate surface area is 127 Å². The van der Waals surface area contributed by atoms with Gasteiger partial charge in [-0.25, -0.2) is 13.1 Å². The standard InChI is InChI=1S/C15H24N2O3S/c1-12-15(2,7-8-20-12)17-21(18,19)11-14-6-4-5-13(9-14)10-16-3/h4-6,9,12,16-17H,7-8,10-11H2,1-3H3. The maximum absolute atomic E-state index is 12.4. The second-order valence-electron chi connectivity index (χ2n) is 5.89. The number of ether oxygens (including phenoxy) is 1. The van der Waals surface area contributed by atoms with E-state index < -0.39 is 15.6 Å². The van der Waals surface area contributed by atoms with Crippen molar-refractivity contribution >= 4 is 10.0 Å². The maximum atomic E-state index is 12.4. The van der Waals surface area contributed by atoms with Crippen LogP contribution in [0.15, 0.2) is 24.3 Å². The van der Waals surface area contributed by atoms with E-state index >= 15 is 0 Å². The van der Waals surface area contributed by atoms with Crippen LogP contribution in [0, 0.1) is 0 Å². The van der Waals surface area contributed by atoms with Gasteiger partial charge >= 0.3 is 0 Å². The van der Waals surface area contributed by atoms with Crippen molar-refractivity contribution in [3.63, 3.8) is 0 Å². The summed E-state index contributed by atoms with van der Waals surface area (Å²) in [6.45, 7) is 5.13. The summed E-state index contributed by atoms with van der Waals surface area (Å²) in [6.07, 6.45) is 0.593. The highest BCUT2D eigenvalue weighted by atomic mass is 32.2. The summed E-state index contributed by atoms with van der Waals surface area (Å²) in [5.74, 6) is -0.00708. The van der Waals surface area contributed by atoms with Crippen molar-refractivity contribution in [2.24, 2.45) is 0 Å². The van der Waals surface area contributed by atoms with Crippen molar-refractivity contribution in [3.8, 4) is 0 Å². The molecule has 0 aliphatic carbocycles. The zero-order valence-corrected chi connectivity index (χ0v) is 13.7. The Balaban J connectivity index is 2.09. The van der Waals surface area contributed by atoms with E-state index in [2.05, 4.69) is 10.0 Å². The molecule has 1 aliphatic rings. The predicted molar refractivity (Wildman–Crippen MR) is 83.4 cm³/mol. The Morgan fingerprint density at radius 1 is 1.38 bits per heavy atom. The lowest BCUT2D eigenvalue weighted by atomic mass is 9.97. The third-order valence-corrected chi connectivity index (χ3v) is 5.49. The molecule has 5 nitrogen and oxygen atoms in total. The Morgan fingerprint density at radius 3 is 2.71 bits per heavy atom. The van der Waals surface area contributed by atoms with Gasteiger partial charge in [-0.3, -0.25) is 0 Å². The Hall–Kier alpha value is -0.950. The van der Waals surface area contributed by atoms with Crippen molar-refractivity contribution in [1.29, 1.82) is 0 Å². The first-order valence-corrected chi connectivity index (χ1v) is 8.85. The molecule has 21 heavy (non-hydrogen) atoms. The Kier molecular flexibility index (Phi) is 5.03. The monoisotopic (exact) mass is 312 g/mol. The van der Waals surface area contributed by atoms with Crippen LogP contribution >= 0.6 is 0 Å². The van der Waals surface area contributed by atoms with Gasteiger partial charge < -0.3 is 10.1 Å². The van der Waals surface area contributed by atoms with Gasteiger partial charge in [0, 0.05) is 13.2 Å². The van der Waals surface area contributed by atoms with Gasteiger partial charge in [-0.2, -0.15) is 0 Å². The van der Waals surface area contributed by atoms with E-state index in [1.54, 1.807) is 0 Å². The molecule has 1 aromatic carbocycles. The normalized spacial score (nSPS) is 26.1. The molecular weight excluding hydrogens is 288 g/mol. The maximum Gasteiger partial charge on any atom is 0.216 e. The van der Waals surface area contributed by atoms with Crippen molar-refractivity contribution in [2.45, 2.75) is 44.2 Å². The van der Waals surface area contributed by atoms with Crippen molar-refractivity contribution in [2.75, 3.05) is 13.7 Å². The highest BCUT2D eigenvalue weighted by Crippen LogP contribution is 2.26.